The number of anilines is 1. The van der Waals surface area contributed by atoms with Gasteiger partial charge in [-0.3, -0.25) is 10.3 Å². The summed E-state index contributed by atoms with van der Waals surface area (Å²) in [4.78, 5) is 6.71. The van der Waals surface area contributed by atoms with Crippen LogP contribution in [0.5, 0.6) is 0 Å². The van der Waals surface area contributed by atoms with Crippen molar-refractivity contribution < 1.29 is 9.13 Å². The molecule has 1 aromatic heterocycles. The second kappa shape index (κ2) is 9.05. The molecule has 0 aliphatic carbocycles. The first kappa shape index (κ1) is 18.7. The van der Waals surface area contributed by atoms with E-state index < -0.39 is 0 Å². The first-order valence-electron chi connectivity index (χ1n) is 9.16. The van der Waals surface area contributed by atoms with Gasteiger partial charge in [0.25, 0.3) is 0 Å². The third kappa shape index (κ3) is 4.81. The molecule has 144 valence electrons. The van der Waals surface area contributed by atoms with Crippen molar-refractivity contribution in [3.63, 3.8) is 0 Å². The van der Waals surface area contributed by atoms with Crippen LogP contribution in [0.3, 0.4) is 0 Å². The molecule has 0 bridgehead atoms. The molecule has 0 spiro atoms. The fourth-order valence-corrected chi connectivity index (χ4v) is 3.67. The Balaban J connectivity index is 1.36. The predicted octanol–water partition coefficient (Wildman–Crippen LogP) is 4.23. The first-order chi connectivity index (χ1) is 13.8. The Hall–Kier alpha value is -2.61. The van der Waals surface area contributed by atoms with Gasteiger partial charge in [0.15, 0.2) is 0 Å². The Labute approximate surface area is 167 Å². The van der Waals surface area contributed by atoms with Crippen molar-refractivity contribution >= 4 is 22.7 Å². The molecule has 7 heteroatoms. The van der Waals surface area contributed by atoms with E-state index in [1.807, 2.05) is 47.8 Å². The zero-order valence-corrected chi connectivity index (χ0v) is 16.2. The van der Waals surface area contributed by atoms with E-state index in [2.05, 4.69) is 20.4 Å². The van der Waals surface area contributed by atoms with E-state index >= 15 is 0 Å². The van der Waals surface area contributed by atoms with Gasteiger partial charge in [0.1, 0.15) is 5.82 Å². The highest BCUT2D eigenvalue weighted by Crippen LogP contribution is 2.24. The smallest absolute Gasteiger partial charge is 0.203 e. The number of morpholine rings is 1. The number of ether oxygens (including phenoxy) is 1. The molecule has 1 fully saturated rings. The zero-order valence-electron chi connectivity index (χ0n) is 15.3. The fourth-order valence-electron chi connectivity index (χ4n) is 3.00. The van der Waals surface area contributed by atoms with E-state index in [9.17, 15) is 4.39 Å². The molecule has 1 aliphatic heterocycles. The number of thiazole rings is 1. The Kier molecular flexibility index (Phi) is 6.06. The van der Waals surface area contributed by atoms with Crippen molar-refractivity contribution in [1.82, 2.24) is 9.88 Å². The molecule has 1 aliphatic rings. The van der Waals surface area contributed by atoms with Gasteiger partial charge in [0, 0.05) is 36.1 Å². The number of hydrazone groups is 1. The molecule has 28 heavy (non-hydrogen) atoms. The molecule has 0 saturated carbocycles. The highest BCUT2D eigenvalue weighted by Gasteiger charge is 2.13. The third-order valence-corrected chi connectivity index (χ3v) is 5.27. The molecular weight excluding hydrogens is 375 g/mol. The van der Waals surface area contributed by atoms with E-state index in [1.54, 1.807) is 6.21 Å². The fraction of sp³-hybridized carbons (Fsp3) is 0.238. The van der Waals surface area contributed by atoms with Crippen LogP contribution in [0.2, 0.25) is 0 Å². The molecule has 0 amide bonds. The normalized spacial score (nSPS) is 15.2. The number of benzene rings is 2. The van der Waals surface area contributed by atoms with Gasteiger partial charge in [-0.2, -0.15) is 5.10 Å². The minimum absolute atomic E-state index is 0.212. The number of nitrogens with one attached hydrogen (secondary N) is 1. The largest absolute Gasteiger partial charge is 0.379 e. The average Bonchev–Trinajstić information content (AvgIpc) is 3.20. The lowest BCUT2D eigenvalue weighted by Crippen LogP contribution is -2.35. The van der Waals surface area contributed by atoms with Crippen molar-refractivity contribution in [3.8, 4) is 11.3 Å². The average molecular weight is 396 g/mol. The SMILES string of the molecule is Fc1cc(C=NNc2nc(-c3ccccc3)cs2)ccc1CN1CCOCC1. The van der Waals surface area contributed by atoms with Crippen LogP contribution < -0.4 is 5.43 Å². The minimum atomic E-state index is -0.212. The second-order valence-corrected chi connectivity index (χ2v) is 7.37. The number of halogens is 1. The van der Waals surface area contributed by atoms with E-state index in [-0.39, 0.29) is 5.82 Å². The topological polar surface area (TPSA) is 49.8 Å². The number of hydrogen-bond acceptors (Lipinski definition) is 6. The van der Waals surface area contributed by atoms with Gasteiger partial charge in [0.2, 0.25) is 5.13 Å². The summed E-state index contributed by atoms with van der Waals surface area (Å²) in [6.07, 6.45) is 1.60. The third-order valence-electron chi connectivity index (χ3n) is 4.52. The maximum absolute atomic E-state index is 14.4. The van der Waals surface area contributed by atoms with Crippen LogP contribution in [-0.2, 0) is 11.3 Å². The maximum Gasteiger partial charge on any atom is 0.203 e. The summed E-state index contributed by atoms with van der Waals surface area (Å²) in [5.74, 6) is -0.212. The molecule has 2 aromatic carbocycles. The molecule has 0 atom stereocenters. The number of nitrogens with zero attached hydrogens (tertiary/aromatic N) is 3. The zero-order chi connectivity index (χ0) is 19.2. The Morgan fingerprint density at radius 1 is 1.18 bits per heavy atom. The van der Waals surface area contributed by atoms with E-state index in [4.69, 9.17) is 4.74 Å². The van der Waals surface area contributed by atoms with Crippen LogP contribution in [0.25, 0.3) is 11.3 Å². The molecule has 3 aromatic rings. The van der Waals surface area contributed by atoms with Gasteiger partial charge in [-0.25, -0.2) is 9.37 Å². The summed E-state index contributed by atoms with van der Waals surface area (Å²) in [6.45, 7) is 3.70. The minimum Gasteiger partial charge on any atom is -0.379 e. The van der Waals surface area contributed by atoms with E-state index in [1.165, 1.54) is 17.4 Å². The first-order valence-corrected chi connectivity index (χ1v) is 10.0. The Morgan fingerprint density at radius 2 is 2.00 bits per heavy atom. The molecular formula is C21H21FN4OS. The summed E-state index contributed by atoms with van der Waals surface area (Å²) in [5, 5.41) is 6.86. The summed E-state index contributed by atoms with van der Waals surface area (Å²) < 4.78 is 19.7. The summed E-state index contributed by atoms with van der Waals surface area (Å²) in [5.41, 5.74) is 6.28. The molecule has 5 nitrogen and oxygen atoms in total. The molecule has 4 rings (SSSR count). The monoisotopic (exact) mass is 396 g/mol. The van der Waals surface area contributed by atoms with Gasteiger partial charge in [-0.1, -0.05) is 42.5 Å². The van der Waals surface area contributed by atoms with Crippen LogP contribution in [0.4, 0.5) is 9.52 Å². The standard InChI is InChI=1S/C21H21FN4OS/c22-19-12-16(6-7-18(19)14-26-8-10-27-11-9-26)13-23-25-21-24-20(15-28-21)17-4-2-1-3-5-17/h1-7,12-13,15H,8-11,14H2,(H,24,25). The lowest BCUT2D eigenvalue weighted by molar-refractivity contribution is 0.0337. The van der Waals surface area contributed by atoms with Gasteiger partial charge in [0.05, 0.1) is 25.1 Å². The predicted molar refractivity (Wildman–Crippen MR) is 111 cm³/mol. The molecule has 2 heterocycles. The van der Waals surface area contributed by atoms with Gasteiger partial charge >= 0.3 is 0 Å². The quantitative estimate of drug-likeness (QED) is 0.500. The van der Waals surface area contributed by atoms with Crippen molar-refractivity contribution in [2.45, 2.75) is 6.54 Å². The van der Waals surface area contributed by atoms with Crippen LogP contribution in [0, 0.1) is 5.82 Å². The van der Waals surface area contributed by atoms with E-state index in [0.717, 1.165) is 24.3 Å². The lowest BCUT2D eigenvalue weighted by Gasteiger charge is -2.26. The second-order valence-electron chi connectivity index (χ2n) is 6.51. The van der Waals surface area contributed by atoms with Gasteiger partial charge in [-0.15, -0.1) is 11.3 Å². The number of aromatic nitrogens is 1. The van der Waals surface area contributed by atoms with E-state index in [0.29, 0.717) is 36.0 Å². The molecule has 0 unspecified atom stereocenters. The van der Waals surface area contributed by atoms with Crippen molar-refractivity contribution in [2.24, 2.45) is 5.10 Å². The highest BCUT2D eigenvalue weighted by molar-refractivity contribution is 7.14. The number of rotatable bonds is 6. The van der Waals surface area contributed by atoms with Crippen LogP contribution in [0.15, 0.2) is 59.0 Å². The highest BCUT2D eigenvalue weighted by atomic mass is 32.1. The summed E-state index contributed by atoms with van der Waals surface area (Å²) in [6, 6.07) is 15.2. The molecule has 1 saturated heterocycles. The van der Waals surface area contributed by atoms with Crippen molar-refractivity contribution in [3.05, 3.63) is 70.9 Å². The molecule has 1 N–H and O–H groups in total. The number of hydrogen-bond donors (Lipinski definition) is 1. The Morgan fingerprint density at radius 3 is 2.79 bits per heavy atom. The summed E-state index contributed by atoms with van der Waals surface area (Å²) >= 11 is 1.48. The molecule has 0 radical (unpaired) electrons. The Bertz CT molecular complexity index is 939. The van der Waals surface area contributed by atoms with Crippen LogP contribution >= 0.6 is 11.3 Å². The van der Waals surface area contributed by atoms with Gasteiger partial charge in [-0.05, 0) is 11.6 Å². The summed E-state index contributed by atoms with van der Waals surface area (Å²) in [7, 11) is 0. The van der Waals surface area contributed by atoms with Gasteiger partial charge < -0.3 is 4.74 Å². The van der Waals surface area contributed by atoms with Crippen molar-refractivity contribution in [2.75, 3.05) is 31.7 Å². The van der Waals surface area contributed by atoms with Crippen molar-refractivity contribution in [1.29, 1.82) is 0 Å². The maximum atomic E-state index is 14.4. The lowest BCUT2D eigenvalue weighted by atomic mass is 10.1. The van der Waals surface area contributed by atoms with Crippen LogP contribution in [-0.4, -0.2) is 42.4 Å². The van der Waals surface area contributed by atoms with Crippen LogP contribution in [0.1, 0.15) is 11.1 Å².